The minimum atomic E-state index is -4.37. The molecule has 0 unspecified atom stereocenters. The summed E-state index contributed by atoms with van der Waals surface area (Å²) in [7, 11) is 0. The number of tetrazole rings is 1. The Balaban J connectivity index is 1.58. The molecule has 1 aromatic heterocycles. The van der Waals surface area contributed by atoms with Crippen molar-refractivity contribution in [3.8, 4) is 11.4 Å². The van der Waals surface area contributed by atoms with E-state index in [2.05, 4.69) is 20.7 Å². The maximum Gasteiger partial charge on any atom is 0.416 e. The lowest BCUT2D eigenvalue weighted by molar-refractivity contribution is -0.137. The van der Waals surface area contributed by atoms with Crippen molar-refractivity contribution in [2.24, 2.45) is 0 Å². The van der Waals surface area contributed by atoms with Crippen LogP contribution in [-0.4, -0.2) is 31.4 Å². The van der Waals surface area contributed by atoms with Crippen molar-refractivity contribution in [2.45, 2.75) is 37.6 Å². The lowest BCUT2D eigenvalue weighted by Crippen LogP contribution is -2.20. The van der Waals surface area contributed by atoms with Crippen LogP contribution in [0.5, 0.6) is 0 Å². The Labute approximate surface area is 159 Å². The highest BCUT2D eigenvalue weighted by Gasteiger charge is 2.30. The molecule has 2 atom stereocenters. The zero-order chi connectivity index (χ0) is 19.7. The van der Waals surface area contributed by atoms with E-state index >= 15 is 0 Å². The predicted molar refractivity (Wildman–Crippen MR) is 96.9 cm³/mol. The molecular weight excluding hydrogens is 371 g/mol. The minimum absolute atomic E-state index is 0.184. The molecule has 1 aliphatic rings. The van der Waals surface area contributed by atoms with E-state index in [1.807, 2.05) is 6.07 Å². The van der Waals surface area contributed by atoms with Gasteiger partial charge in [0, 0.05) is 16.9 Å². The van der Waals surface area contributed by atoms with Gasteiger partial charge >= 0.3 is 6.18 Å². The first-order valence-electron chi connectivity index (χ1n) is 8.93. The number of halogens is 3. The molecule has 0 spiro atoms. The molecule has 1 saturated carbocycles. The van der Waals surface area contributed by atoms with Gasteiger partial charge in [-0.05, 0) is 60.9 Å². The van der Waals surface area contributed by atoms with E-state index in [-0.39, 0.29) is 6.04 Å². The molecule has 1 aliphatic carbocycles. The Bertz CT molecular complexity index is 955. The quantitative estimate of drug-likeness (QED) is 0.700. The molecule has 1 fully saturated rings. The van der Waals surface area contributed by atoms with Crippen LogP contribution in [0, 0.1) is 0 Å². The van der Waals surface area contributed by atoms with Gasteiger partial charge in [0.05, 0.1) is 17.7 Å². The molecule has 1 heterocycles. The summed E-state index contributed by atoms with van der Waals surface area (Å²) in [4.78, 5) is 1.45. The zero-order valence-corrected chi connectivity index (χ0v) is 14.8. The first kappa shape index (κ1) is 18.4. The van der Waals surface area contributed by atoms with Crippen LogP contribution in [-0.2, 0) is 6.18 Å². The van der Waals surface area contributed by atoms with Crippen LogP contribution in [0.4, 0.5) is 24.5 Å². The van der Waals surface area contributed by atoms with Crippen LogP contribution in [0.25, 0.3) is 11.4 Å². The first-order valence-corrected chi connectivity index (χ1v) is 8.93. The van der Waals surface area contributed by atoms with Gasteiger partial charge in [-0.15, -0.1) is 10.2 Å². The number of aromatic nitrogens is 4. The van der Waals surface area contributed by atoms with Crippen molar-refractivity contribution in [1.29, 1.82) is 0 Å². The summed E-state index contributed by atoms with van der Waals surface area (Å²) in [5.41, 5.74) is 1.13. The Hall–Kier alpha value is -2.94. The summed E-state index contributed by atoms with van der Waals surface area (Å²) in [6, 6.07) is 11.8. The molecule has 146 valence electrons. The maximum atomic E-state index is 12.7. The van der Waals surface area contributed by atoms with Crippen LogP contribution in [0.3, 0.4) is 0 Å². The number of aliphatic hydroxyl groups excluding tert-OH is 1. The smallest absolute Gasteiger partial charge is 0.391 e. The average Bonchev–Trinajstić information content (AvgIpc) is 3.31. The summed E-state index contributed by atoms with van der Waals surface area (Å²) in [5.74, 6) is 0.383. The molecule has 0 aliphatic heterocycles. The second-order valence-corrected chi connectivity index (χ2v) is 6.74. The number of nitrogens with one attached hydrogen (secondary N) is 1. The largest absolute Gasteiger partial charge is 0.416 e. The third-order valence-corrected chi connectivity index (χ3v) is 4.83. The molecule has 2 N–H and O–H groups in total. The molecule has 2 aromatic carbocycles. The summed E-state index contributed by atoms with van der Waals surface area (Å²) in [6.07, 6.45) is -2.43. The van der Waals surface area contributed by atoms with E-state index in [1.54, 1.807) is 18.2 Å². The van der Waals surface area contributed by atoms with Crippen LogP contribution in [0.1, 0.15) is 30.9 Å². The zero-order valence-electron chi connectivity index (χ0n) is 14.8. The van der Waals surface area contributed by atoms with Gasteiger partial charge in [0.25, 0.3) is 0 Å². The molecule has 0 saturated heterocycles. The van der Waals surface area contributed by atoms with Gasteiger partial charge < -0.3 is 10.4 Å². The monoisotopic (exact) mass is 389 g/mol. The number of rotatable bonds is 4. The van der Waals surface area contributed by atoms with E-state index in [9.17, 15) is 18.3 Å². The second-order valence-electron chi connectivity index (χ2n) is 6.74. The molecule has 4 rings (SSSR count). The normalized spacial score (nSPS) is 19.7. The average molecular weight is 389 g/mol. The van der Waals surface area contributed by atoms with Gasteiger partial charge in [0.1, 0.15) is 0 Å². The topological polar surface area (TPSA) is 75.9 Å². The Morgan fingerprint density at radius 3 is 2.46 bits per heavy atom. The van der Waals surface area contributed by atoms with E-state index in [0.29, 0.717) is 29.2 Å². The molecule has 3 aromatic rings. The Morgan fingerprint density at radius 1 is 1.04 bits per heavy atom. The van der Waals surface area contributed by atoms with E-state index in [4.69, 9.17) is 0 Å². The number of nitrogens with zero attached hydrogens (tertiary/aromatic N) is 4. The minimum Gasteiger partial charge on any atom is -0.391 e. The van der Waals surface area contributed by atoms with Crippen molar-refractivity contribution in [2.75, 3.05) is 5.32 Å². The third-order valence-electron chi connectivity index (χ3n) is 4.83. The number of anilines is 2. The van der Waals surface area contributed by atoms with Crippen molar-refractivity contribution < 1.29 is 18.3 Å². The fourth-order valence-corrected chi connectivity index (χ4v) is 3.35. The van der Waals surface area contributed by atoms with Crippen molar-refractivity contribution in [3.05, 3.63) is 54.1 Å². The molecule has 0 amide bonds. The molecule has 9 heteroatoms. The summed E-state index contributed by atoms with van der Waals surface area (Å²) in [6.45, 7) is 0. The number of alkyl halides is 3. The standard InChI is InChI=1S/C19H18F3N5O/c20-19(21,22)12-8-10-13(11-9-12)23-15-5-2-1-4-14(15)18-24-26-27(25-18)16-6-3-7-17(16)28/h1-2,4-5,8-11,16-17,23,28H,3,6-7H2/t16-,17+/m0/s1. The highest BCUT2D eigenvalue weighted by Crippen LogP contribution is 2.33. The van der Waals surface area contributed by atoms with Crippen molar-refractivity contribution >= 4 is 11.4 Å². The fourth-order valence-electron chi connectivity index (χ4n) is 3.35. The van der Waals surface area contributed by atoms with Gasteiger partial charge in [-0.2, -0.15) is 18.0 Å². The molecule has 0 radical (unpaired) electrons. The maximum absolute atomic E-state index is 12.7. The molecular formula is C19H18F3N5O. The Kier molecular flexibility index (Phi) is 4.76. The number of hydrogen-bond donors (Lipinski definition) is 2. The van der Waals surface area contributed by atoms with Crippen molar-refractivity contribution in [3.63, 3.8) is 0 Å². The SMILES string of the molecule is O[C@@H]1CCC[C@@H]1n1nnc(-c2ccccc2Nc2ccc(C(F)(F)F)cc2)n1. The van der Waals surface area contributed by atoms with E-state index in [1.165, 1.54) is 16.9 Å². The summed E-state index contributed by atoms with van der Waals surface area (Å²) < 4.78 is 38.2. The van der Waals surface area contributed by atoms with Crippen molar-refractivity contribution in [1.82, 2.24) is 20.2 Å². The van der Waals surface area contributed by atoms with Gasteiger partial charge in [-0.1, -0.05) is 12.1 Å². The predicted octanol–water partition coefficient (Wildman–Crippen LogP) is 4.19. The number of para-hydroxylation sites is 1. The van der Waals surface area contributed by atoms with Crippen LogP contribution in [0.15, 0.2) is 48.5 Å². The number of hydrogen-bond acceptors (Lipinski definition) is 5. The molecule has 28 heavy (non-hydrogen) atoms. The van der Waals surface area contributed by atoms with Crippen LogP contribution in [0.2, 0.25) is 0 Å². The Morgan fingerprint density at radius 2 is 1.79 bits per heavy atom. The van der Waals surface area contributed by atoms with Gasteiger partial charge in [-0.3, -0.25) is 0 Å². The summed E-state index contributed by atoms with van der Waals surface area (Å²) >= 11 is 0. The highest BCUT2D eigenvalue weighted by atomic mass is 19.4. The van der Waals surface area contributed by atoms with E-state index < -0.39 is 17.8 Å². The number of benzene rings is 2. The summed E-state index contributed by atoms with van der Waals surface area (Å²) in [5, 5.41) is 25.7. The van der Waals surface area contributed by atoms with Gasteiger partial charge in [0.2, 0.25) is 5.82 Å². The molecule has 0 bridgehead atoms. The molecule has 6 nitrogen and oxygen atoms in total. The first-order chi connectivity index (χ1) is 13.4. The van der Waals surface area contributed by atoms with Crippen LogP contribution < -0.4 is 5.32 Å². The third kappa shape index (κ3) is 3.70. The number of aliphatic hydroxyl groups is 1. The van der Waals surface area contributed by atoms with Gasteiger partial charge in [0.15, 0.2) is 0 Å². The second kappa shape index (κ2) is 7.23. The van der Waals surface area contributed by atoms with Crippen LogP contribution >= 0.6 is 0 Å². The lowest BCUT2D eigenvalue weighted by Gasteiger charge is -2.12. The highest BCUT2D eigenvalue weighted by molar-refractivity contribution is 5.77. The lowest BCUT2D eigenvalue weighted by atomic mass is 10.1. The van der Waals surface area contributed by atoms with E-state index in [0.717, 1.165) is 25.0 Å². The van der Waals surface area contributed by atoms with Gasteiger partial charge in [-0.25, -0.2) is 0 Å². The fraction of sp³-hybridized carbons (Fsp3) is 0.316.